The standard InChI is InChI=1S/C14H23N3OS/c1-11-10-15-13(19-11)14(18)17-8-4-12(5-9-17)16-6-2-3-7-16/h11-12H,2-10H2,1H3. The van der Waals surface area contributed by atoms with E-state index < -0.39 is 0 Å². The highest BCUT2D eigenvalue weighted by Gasteiger charge is 2.31. The predicted octanol–water partition coefficient (Wildman–Crippen LogP) is 1.61. The van der Waals surface area contributed by atoms with Gasteiger partial charge < -0.3 is 9.80 Å². The van der Waals surface area contributed by atoms with Gasteiger partial charge in [-0.25, -0.2) is 0 Å². The summed E-state index contributed by atoms with van der Waals surface area (Å²) in [5.41, 5.74) is 0. The molecule has 0 saturated carbocycles. The smallest absolute Gasteiger partial charge is 0.278 e. The van der Waals surface area contributed by atoms with Gasteiger partial charge in [-0.3, -0.25) is 9.79 Å². The van der Waals surface area contributed by atoms with E-state index in [4.69, 9.17) is 0 Å². The molecular weight excluding hydrogens is 258 g/mol. The van der Waals surface area contributed by atoms with Crippen molar-refractivity contribution in [3.63, 3.8) is 0 Å². The van der Waals surface area contributed by atoms with Crippen molar-refractivity contribution in [3.05, 3.63) is 0 Å². The number of carbonyl (C=O) groups is 1. The topological polar surface area (TPSA) is 35.9 Å². The van der Waals surface area contributed by atoms with Crippen molar-refractivity contribution >= 4 is 22.7 Å². The molecule has 4 nitrogen and oxygen atoms in total. The second-order valence-electron chi connectivity index (χ2n) is 5.84. The molecular formula is C14H23N3OS. The predicted molar refractivity (Wildman–Crippen MR) is 79.8 cm³/mol. The molecule has 106 valence electrons. The van der Waals surface area contributed by atoms with Gasteiger partial charge >= 0.3 is 0 Å². The second-order valence-corrected chi connectivity index (χ2v) is 7.27. The zero-order valence-electron chi connectivity index (χ0n) is 11.7. The fourth-order valence-corrected chi connectivity index (χ4v) is 4.18. The molecule has 3 heterocycles. The molecule has 1 amide bonds. The molecule has 3 rings (SSSR count). The van der Waals surface area contributed by atoms with Crippen LogP contribution in [0.4, 0.5) is 0 Å². The number of hydrogen-bond donors (Lipinski definition) is 0. The molecule has 3 aliphatic heterocycles. The summed E-state index contributed by atoms with van der Waals surface area (Å²) in [4.78, 5) is 21.3. The minimum Gasteiger partial charge on any atom is -0.337 e. The molecule has 19 heavy (non-hydrogen) atoms. The molecule has 0 N–H and O–H groups in total. The van der Waals surface area contributed by atoms with Crippen LogP contribution in [0.1, 0.15) is 32.6 Å². The first-order valence-corrected chi connectivity index (χ1v) is 8.36. The lowest BCUT2D eigenvalue weighted by atomic mass is 10.0. The quantitative estimate of drug-likeness (QED) is 0.771. The number of rotatable bonds is 2. The van der Waals surface area contributed by atoms with Crippen LogP contribution >= 0.6 is 11.8 Å². The maximum atomic E-state index is 12.3. The van der Waals surface area contributed by atoms with Gasteiger partial charge in [0.05, 0.1) is 6.54 Å². The number of nitrogens with zero attached hydrogens (tertiary/aromatic N) is 3. The van der Waals surface area contributed by atoms with Crippen LogP contribution in [0.15, 0.2) is 4.99 Å². The van der Waals surface area contributed by atoms with Crippen molar-refractivity contribution in [2.45, 2.75) is 43.9 Å². The van der Waals surface area contributed by atoms with Crippen LogP contribution in [0.2, 0.25) is 0 Å². The number of piperidine rings is 1. The lowest BCUT2D eigenvalue weighted by Crippen LogP contribution is -2.47. The molecule has 5 heteroatoms. The highest BCUT2D eigenvalue weighted by Crippen LogP contribution is 2.25. The van der Waals surface area contributed by atoms with E-state index in [0.717, 1.165) is 37.5 Å². The molecule has 0 aromatic heterocycles. The van der Waals surface area contributed by atoms with E-state index in [9.17, 15) is 4.79 Å². The van der Waals surface area contributed by atoms with Crippen LogP contribution in [-0.2, 0) is 4.79 Å². The van der Waals surface area contributed by atoms with Crippen LogP contribution in [0.5, 0.6) is 0 Å². The monoisotopic (exact) mass is 281 g/mol. The Balaban J connectivity index is 1.51. The number of likely N-dealkylation sites (tertiary alicyclic amines) is 2. The summed E-state index contributed by atoms with van der Waals surface area (Å²) in [5, 5.41) is 1.22. The average Bonchev–Trinajstić information content (AvgIpc) is 3.09. The van der Waals surface area contributed by atoms with Gasteiger partial charge in [-0.15, -0.1) is 0 Å². The molecule has 0 aromatic carbocycles. The Morgan fingerprint density at radius 3 is 2.47 bits per heavy atom. The molecule has 0 aromatic rings. The Morgan fingerprint density at radius 1 is 1.21 bits per heavy atom. The third-order valence-electron chi connectivity index (χ3n) is 4.40. The molecule has 2 saturated heterocycles. The van der Waals surface area contributed by atoms with E-state index in [0.29, 0.717) is 11.3 Å². The number of carbonyl (C=O) groups excluding carboxylic acids is 1. The number of thioether (sulfide) groups is 1. The van der Waals surface area contributed by atoms with Gasteiger partial charge in [0.15, 0.2) is 5.04 Å². The third-order valence-corrected chi connectivity index (χ3v) is 5.47. The minimum atomic E-state index is 0.175. The molecule has 2 fully saturated rings. The third kappa shape index (κ3) is 2.97. The maximum Gasteiger partial charge on any atom is 0.278 e. The van der Waals surface area contributed by atoms with E-state index in [1.54, 1.807) is 11.8 Å². The molecule has 0 bridgehead atoms. The van der Waals surface area contributed by atoms with Crippen LogP contribution in [0.25, 0.3) is 0 Å². The van der Waals surface area contributed by atoms with Crippen LogP contribution in [0, 0.1) is 0 Å². The Hall–Kier alpha value is -0.550. The minimum absolute atomic E-state index is 0.175. The zero-order chi connectivity index (χ0) is 13.2. The Morgan fingerprint density at radius 2 is 1.89 bits per heavy atom. The first kappa shape index (κ1) is 13.4. The van der Waals surface area contributed by atoms with Gasteiger partial charge in [0.1, 0.15) is 0 Å². The molecule has 1 atom stereocenters. The summed E-state index contributed by atoms with van der Waals surface area (Å²) in [6.45, 7) is 7.28. The largest absolute Gasteiger partial charge is 0.337 e. The normalized spacial score (nSPS) is 29.8. The van der Waals surface area contributed by atoms with Gasteiger partial charge in [-0.1, -0.05) is 18.7 Å². The van der Waals surface area contributed by atoms with Crippen LogP contribution < -0.4 is 0 Å². The molecule has 0 radical (unpaired) electrons. The van der Waals surface area contributed by atoms with E-state index >= 15 is 0 Å². The van der Waals surface area contributed by atoms with Crippen LogP contribution in [0.3, 0.4) is 0 Å². The molecule has 0 spiro atoms. The zero-order valence-corrected chi connectivity index (χ0v) is 12.5. The molecule has 0 aliphatic carbocycles. The highest BCUT2D eigenvalue weighted by atomic mass is 32.2. The fraction of sp³-hybridized carbons (Fsp3) is 0.857. The second kappa shape index (κ2) is 5.83. The first-order chi connectivity index (χ1) is 9.24. The van der Waals surface area contributed by atoms with Gasteiger partial charge in [0, 0.05) is 24.4 Å². The highest BCUT2D eigenvalue weighted by molar-refractivity contribution is 8.16. The van der Waals surface area contributed by atoms with Crippen molar-refractivity contribution in [1.82, 2.24) is 9.80 Å². The van der Waals surface area contributed by atoms with Crippen molar-refractivity contribution in [2.24, 2.45) is 4.99 Å². The summed E-state index contributed by atoms with van der Waals surface area (Å²) in [7, 11) is 0. The number of hydrogen-bond acceptors (Lipinski definition) is 4. The summed E-state index contributed by atoms with van der Waals surface area (Å²) >= 11 is 1.64. The van der Waals surface area contributed by atoms with E-state index in [2.05, 4.69) is 16.8 Å². The Bertz CT molecular complexity index is 371. The maximum absolute atomic E-state index is 12.3. The summed E-state index contributed by atoms with van der Waals surface area (Å²) in [6, 6.07) is 0.712. The van der Waals surface area contributed by atoms with Crippen molar-refractivity contribution < 1.29 is 4.79 Å². The van der Waals surface area contributed by atoms with E-state index in [-0.39, 0.29) is 5.91 Å². The van der Waals surface area contributed by atoms with Crippen molar-refractivity contribution in [1.29, 1.82) is 0 Å². The summed E-state index contributed by atoms with van der Waals surface area (Å²) in [5.74, 6) is 0.175. The van der Waals surface area contributed by atoms with Crippen molar-refractivity contribution in [3.8, 4) is 0 Å². The summed E-state index contributed by atoms with van der Waals surface area (Å²) < 4.78 is 0. The fourth-order valence-electron chi connectivity index (χ4n) is 3.27. The van der Waals surface area contributed by atoms with Gasteiger partial charge in [0.2, 0.25) is 0 Å². The van der Waals surface area contributed by atoms with Gasteiger partial charge in [-0.2, -0.15) is 0 Å². The first-order valence-electron chi connectivity index (χ1n) is 7.48. The number of amides is 1. The average molecular weight is 281 g/mol. The molecule has 3 aliphatic rings. The number of aliphatic imine (C=N–C) groups is 1. The lowest BCUT2D eigenvalue weighted by Gasteiger charge is -2.36. The van der Waals surface area contributed by atoms with Crippen LogP contribution in [-0.4, -0.2) is 64.8 Å². The molecule has 1 unspecified atom stereocenters. The van der Waals surface area contributed by atoms with Gasteiger partial charge in [0.25, 0.3) is 5.91 Å². The Kier molecular flexibility index (Phi) is 4.12. The van der Waals surface area contributed by atoms with E-state index in [1.165, 1.54) is 25.9 Å². The summed E-state index contributed by atoms with van der Waals surface area (Å²) in [6.07, 6.45) is 4.98. The van der Waals surface area contributed by atoms with Gasteiger partial charge in [-0.05, 0) is 38.8 Å². The lowest BCUT2D eigenvalue weighted by molar-refractivity contribution is -0.125. The van der Waals surface area contributed by atoms with E-state index in [1.807, 2.05) is 4.90 Å². The van der Waals surface area contributed by atoms with Crippen molar-refractivity contribution in [2.75, 3.05) is 32.7 Å². The SMILES string of the molecule is CC1CN=C(C(=O)N2CCC(N3CCCC3)CC2)S1. The Labute approximate surface area is 119 Å².